The number of allylic oxidation sites excluding steroid dienone is 3. The topological polar surface area (TPSA) is 95.9 Å². The number of rotatable bonds is 5. The summed E-state index contributed by atoms with van der Waals surface area (Å²) in [6.45, 7) is 4.13. The fourth-order valence-electron chi connectivity index (χ4n) is 3.79. The molecular formula is C20H21N5OS3. The molecule has 1 unspecified atom stereocenters. The van der Waals surface area contributed by atoms with Crippen molar-refractivity contribution in [2.24, 2.45) is 5.73 Å². The van der Waals surface area contributed by atoms with Crippen LogP contribution in [-0.2, 0) is 4.79 Å². The van der Waals surface area contributed by atoms with E-state index >= 15 is 0 Å². The normalized spacial score (nSPS) is 19.6. The standard InChI is InChI=1S/C20H21N5OS3/c1-3-8-28-20-24-23-19(29-20)25-13-5-4-6-14(26)16(13)15(12(10-21)18(25)22)17-11(2)7-9-27-17/h7,9,15H,3-6,8,22H2,1-2H3. The number of nitrogens with zero attached hydrogens (tertiary/aromatic N) is 4. The summed E-state index contributed by atoms with van der Waals surface area (Å²) in [6.07, 6.45) is 3.06. The Kier molecular flexibility index (Phi) is 5.76. The summed E-state index contributed by atoms with van der Waals surface area (Å²) in [7, 11) is 0. The van der Waals surface area contributed by atoms with Crippen LogP contribution >= 0.6 is 34.4 Å². The van der Waals surface area contributed by atoms with Crippen molar-refractivity contribution in [3.8, 4) is 6.07 Å². The number of carbonyl (C=O) groups excluding carboxylic acids is 1. The average molecular weight is 444 g/mol. The number of aryl methyl sites for hydroxylation is 1. The molecule has 0 amide bonds. The third-order valence-electron chi connectivity index (χ3n) is 5.09. The molecule has 0 bridgehead atoms. The number of hydrogen-bond donors (Lipinski definition) is 1. The highest BCUT2D eigenvalue weighted by molar-refractivity contribution is 8.01. The van der Waals surface area contributed by atoms with Crippen LogP contribution in [0, 0.1) is 18.3 Å². The SMILES string of the molecule is CCCSc1nnc(N2C(N)=C(C#N)C(c3sccc3C)C3=C2CCCC3=O)s1. The van der Waals surface area contributed by atoms with E-state index in [1.807, 2.05) is 18.4 Å². The van der Waals surface area contributed by atoms with Crippen LogP contribution in [0.5, 0.6) is 0 Å². The highest BCUT2D eigenvalue weighted by atomic mass is 32.2. The number of thioether (sulfide) groups is 1. The van der Waals surface area contributed by atoms with Gasteiger partial charge in [0.25, 0.3) is 0 Å². The Balaban J connectivity index is 1.87. The van der Waals surface area contributed by atoms with Gasteiger partial charge in [-0.1, -0.05) is 30.0 Å². The van der Waals surface area contributed by atoms with Crippen molar-refractivity contribution in [2.45, 2.75) is 49.8 Å². The van der Waals surface area contributed by atoms with E-state index in [0.29, 0.717) is 28.5 Å². The van der Waals surface area contributed by atoms with E-state index in [4.69, 9.17) is 5.73 Å². The molecule has 1 atom stereocenters. The molecule has 0 saturated carbocycles. The molecule has 4 rings (SSSR count). The summed E-state index contributed by atoms with van der Waals surface area (Å²) < 4.78 is 0.869. The van der Waals surface area contributed by atoms with Crippen molar-refractivity contribution in [3.63, 3.8) is 0 Å². The molecule has 6 nitrogen and oxygen atoms in total. The maximum atomic E-state index is 13.0. The second-order valence-electron chi connectivity index (χ2n) is 6.98. The molecule has 9 heteroatoms. The lowest BCUT2D eigenvalue weighted by Gasteiger charge is -2.37. The first-order valence-electron chi connectivity index (χ1n) is 9.53. The van der Waals surface area contributed by atoms with E-state index in [1.54, 1.807) is 28.0 Å². The quantitative estimate of drug-likeness (QED) is 0.668. The molecule has 29 heavy (non-hydrogen) atoms. The predicted molar refractivity (Wildman–Crippen MR) is 118 cm³/mol. The monoisotopic (exact) mass is 443 g/mol. The molecule has 1 aliphatic carbocycles. The molecule has 0 aromatic carbocycles. The van der Waals surface area contributed by atoms with Gasteiger partial charge in [-0.3, -0.25) is 9.69 Å². The Morgan fingerprint density at radius 3 is 2.93 bits per heavy atom. The van der Waals surface area contributed by atoms with Gasteiger partial charge in [-0.05, 0) is 43.2 Å². The minimum Gasteiger partial charge on any atom is -0.384 e. The molecule has 2 aliphatic rings. The van der Waals surface area contributed by atoms with Gasteiger partial charge in [-0.2, -0.15) is 5.26 Å². The van der Waals surface area contributed by atoms with E-state index in [2.05, 4.69) is 23.2 Å². The fraction of sp³-hybridized carbons (Fsp3) is 0.400. The Hall–Kier alpha value is -2.15. The van der Waals surface area contributed by atoms with Crippen LogP contribution < -0.4 is 10.6 Å². The van der Waals surface area contributed by atoms with E-state index in [0.717, 1.165) is 45.5 Å². The van der Waals surface area contributed by atoms with Gasteiger partial charge in [0.05, 0.1) is 17.6 Å². The van der Waals surface area contributed by atoms with Crippen molar-refractivity contribution in [2.75, 3.05) is 10.7 Å². The maximum Gasteiger partial charge on any atom is 0.219 e. The Labute approximate surface area is 182 Å². The minimum atomic E-state index is -0.388. The zero-order valence-corrected chi connectivity index (χ0v) is 18.7. The summed E-state index contributed by atoms with van der Waals surface area (Å²) in [5.74, 6) is 1.04. The van der Waals surface area contributed by atoms with Gasteiger partial charge in [-0.25, -0.2) is 0 Å². The van der Waals surface area contributed by atoms with Crippen molar-refractivity contribution < 1.29 is 4.79 Å². The summed E-state index contributed by atoms with van der Waals surface area (Å²) in [4.78, 5) is 15.9. The lowest BCUT2D eigenvalue weighted by atomic mass is 9.78. The summed E-state index contributed by atoms with van der Waals surface area (Å²) in [5.41, 5.74) is 9.62. The molecule has 3 heterocycles. The molecule has 0 fully saturated rings. The summed E-state index contributed by atoms with van der Waals surface area (Å²) in [6, 6.07) is 4.32. The Bertz CT molecular complexity index is 1060. The Morgan fingerprint density at radius 2 is 2.24 bits per heavy atom. The molecule has 0 saturated heterocycles. The summed E-state index contributed by atoms with van der Waals surface area (Å²) >= 11 is 4.68. The van der Waals surface area contributed by atoms with Crippen molar-refractivity contribution in [3.05, 3.63) is 44.6 Å². The lowest BCUT2D eigenvalue weighted by Crippen LogP contribution is -2.38. The molecule has 2 aromatic heterocycles. The van der Waals surface area contributed by atoms with Gasteiger partial charge >= 0.3 is 0 Å². The predicted octanol–water partition coefficient (Wildman–Crippen LogP) is 4.71. The highest BCUT2D eigenvalue weighted by Crippen LogP contribution is 2.48. The molecule has 1 aliphatic heterocycles. The molecule has 2 N–H and O–H groups in total. The van der Waals surface area contributed by atoms with Crippen LogP contribution in [0.1, 0.15) is 49.0 Å². The molecule has 0 spiro atoms. The van der Waals surface area contributed by atoms with Gasteiger partial charge in [0.15, 0.2) is 10.1 Å². The van der Waals surface area contributed by atoms with Crippen molar-refractivity contribution in [1.29, 1.82) is 5.26 Å². The van der Waals surface area contributed by atoms with Gasteiger partial charge < -0.3 is 5.73 Å². The van der Waals surface area contributed by atoms with E-state index in [-0.39, 0.29) is 11.7 Å². The molecule has 2 aromatic rings. The fourth-order valence-corrected chi connectivity index (χ4v) is 6.64. The van der Waals surface area contributed by atoms with E-state index in [9.17, 15) is 10.1 Å². The number of aromatic nitrogens is 2. The van der Waals surface area contributed by atoms with Crippen LogP contribution in [0.4, 0.5) is 5.13 Å². The number of nitrogens with two attached hydrogens (primary N) is 1. The first-order valence-corrected chi connectivity index (χ1v) is 12.2. The third-order valence-corrected chi connectivity index (χ3v) is 8.43. The maximum absolute atomic E-state index is 13.0. The highest BCUT2D eigenvalue weighted by Gasteiger charge is 2.42. The Morgan fingerprint density at radius 1 is 1.41 bits per heavy atom. The number of anilines is 1. The van der Waals surface area contributed by atoms with Crippen LogP contribution in [0.2, 0.25) is 0 Å². The first-order chi connectivity index (χ1) is 14.1. The van der Waals surface area contributed by atoms with Crippen molar-refractivity contribution in [1.82, 2.24) is 10.2 Å². The van der Waals surface area contributed by atoms with Gasteiger partial charge in [-0.15, -0.1) is 21.5 Å². The number of thiophene rings is 1. The van der Waals surface area contributed by atoms with Crippen LogP contribution in [-0.4, -0.2) is 21.7 Å². The zero-order valence-electron chi connectivity index (χ0n) is 16.3. The van der Waals surface area contributed by atoms with Gasteiger partial charge in [0.1, 0.15) is 5.82 Å². The molecular weight excluding hydrogens is 422 g/mol. The van der Waals surface area contributed by atoms with E-state index in [1.165, 1.54) is 11.3 Å². The number of ketones is 1. The first kappa shape index (κ1) is 20.1. The number of hydrogen-bond acceptors (Lipinski definition) is 9. The van der Waals surface area contributed by atoms with Gasteiger partial charge in [0, 0.05) is 28.3 Å². The van der Waals surface area contributed by atoms with E-state index < -0.39 is 0 Å². The van der Waals surface area contributed by atoms with Crippen LogP contribution in [0.3, 0.4) is 0 Å². The average Bonchev–Trinajstić information content (AvgIpc) is 3.34. The van der Waals surface area contributed by atoms with Crippen molar-refractivity contribution >= 4 is 45.4 Å². The number of nitriles is 1. The molecule has 0 radical (unpaired) electrons. The molecule has 150 valence electrons. The van der Waals surface area contributed by atoms with Gasteiger partial charge in [0.2, 0.25) is 5.13 Å². The van der Waals surface area contributed by atoms with Crippen LogP contribution in [0.25, 0.3) is 0 Å². The second-order valence-corrected chi connectivity index (χ2v) is 10.2. The van der Waals surface area contributed by atoms with Crippen LogP contribution in [0.15, 0.2) is 38.5 Å². The third kappa shape index (κ3) is 3.50. The summed E-state index contributed by atoms with van der Waals surface area (Å²) in [5, 5.41) is 21.2. The smallest absolute Gasteiger partial charge is 0.219 e. The number of carbonyl (C=O) groups is 1. The lowest BCUT2D eigenvalue weighted by molar-refractivity contribution is -0.116. The zero-order chi connectivity index (χ0) is 20.5. The number of Topliss-reactive ketones (excluding diaryl/α,β-unsaturated/α-hetero) is 1. The second kappa shape index (κ2) is 8.30. The minimum absolute atomic E-state index is 0.0967. The largest absolute Gasteiger partial charge is 0.384 e.